The number of benzene rings is 1. The lowest BCUT2D eigenvalue weighted by Gasteiger charge is -2.06. The van der Waals surface area contributed by atoms with E-state index >= 15 is 0 Å². The average Bonchev–Trinajstić information content (AvgIpc) is 2.48. The summed E-state index contributed by atoms with van der Waals surface area (Å²) in [6.07, 6.45) is 1.59. The first-order chi connectivity index (χ1) is 9.60. The SMILES string of the molecule is Cn1ccc(C(=O)NCc2ccc(CBr)cc2)cc1=O. The third kappa shape index (κ3) is 3.57. The maximum atomic E-state index is 11.9. The zero-order valence-electron chi connectivity index (χ0n) is 11.1. The number of alkyl halides is 1. The number of rotatable bonds is 4. The van der Waals surface area contributed by atoms with Crippen LogP contribution in [-0.2, 0) is 18.9 Å². The molecule has 0 unspecified atom stereocenters. The third-order valence-electron chi connectivity index (χ3n) is 3.00. The summed E-state index contributed by atoms with van der Waals surface area (Å²) in [5, 5.41) is 3.61. The van der Waals surface area contributed by atoms with Gasteiger partial charge in [0.25, 0.3) is 11.5 Å². The predicted molar refractivity (Wildman–Crippen MR) is 81.9 cm³/mol. The Labute approximate surface area is 125 Å². The minimum Gasteiger partial charge on any atom is -0.348 e. The molecular weight excluding hydrogens is 320 g/mol. The Morgan fingerprint density at radius 2 is 1.85 bits per heavy atom. The second kappa shape index (κ2) is 6.52. The zero-order chi connectivity index (χ0) is 14.5. The van der Waals surface area contributed by atoms with Crippen molar-refractivity contribution < 1.29 is 4.79 Å². The minimum atomic E-state index is -0.243. The monoisotopic (exact) mass is 334 g/mol. The van der Waals surface area contributed by atoms with Crippen LogP contribution >= 0.6 is 15.9 Å². The molecule has 0 saturated heterocycles. The summed E-state index contributed by atoms with van der Waals surface area (Å²) >= 11 is 3.39. The summed E-state index contributed by atoms with van der Waals surface area (Å²) in [6, 6.07) is 10.9. The van der Waals surface area contributed by atoms with Gasteiger partial charge in [0, 0.05) is 36.7 Å². The van der Waals surface area contributed by atoms with Gasteiger partial charge in [0.05, 0.1) is 0 Å². The summed E-state index contributed by atoms with van der Waals surface area (Å²) in [6.45, 7) is 0.441. The number of aryl methyl sites for hydroxylation is 1. The molecule has 1 amide bonds. The van der Waals surface area contributed by atoms with E-state index < -0.39 is 0 Å². The largest absolute Gasteiger partial charge is 0.348 e. The van der Waals surface area contributed by atoms with Gasteiger partial charge in [-0.05, 0) is 17.2 Å². The first kappa shape index (κ1) is 14.5. The van der Waals surface area contributed by atoms with E-state index in [1.807, 2.05) is 24.3 Å². The number of halogens is 1. The van der Waals surface area contributed by atoms with Crippen molar-refractivity contribution in [1.29, 1.82) is 0 Å². The molecule has 0 fully saturated rings. The maximum Gasteiger partial charge on any atom is 0.251 e. The number of aromatic nitrogens is 1. The van der Waals surface area contributed by atoms with E-state index in [1.165, 1.54) is 16.2 Å². The summed E-state index contributed by atoms with van der Waals surface area (Å²) < 4.78 is 1.43. The zero-order valence-corrected chi connectivity index (χ0v) is 12.7. The molecule has 1 N–H and O–H groups in total. The normalized spacial score (nSPS) is 10.3. The molecule has 0 spiro atoms. The summed E-state index contributed by atoms with van der Waals surface area (Å²) in [7, 11) is 1.65. The molecule has 0 saturated carbocycles. The van der Waals surface area contributed by atoms with E-state index in [4.69, 9.17) is 0 Å². The van der Waals surface area contributed by atoms with E-state index in [2.05, 4.69) is 21.2 Å². The van der Waals surface area contributed by atoms with Gasteiger partial charge in [-0.25, -0.2) is 0 Å². The molecule has 0 atom stereocenters. The molecule has 0 aliphatic carbocycles. The highest BCUT2D eigenvalue weighted by Gasteiger charge is 2.06. The molecule has 1 aromatic carbocycles. The molecular formula is C15H15BrN2O2. The third-order valence-corrected chi connectivity index (χ3v) is 3.64. The molecule has 0 radical (unpaired) electrons. The van der Waals surface area contributed by atoms with E-state index in [0.29, 0.717) is 12.1 Å². The van der Waals surface area contributed by atoms with Crippen LogP contribution in [0.15, 0.2) is 47.4 Å². The quantitative estimate of drug-likeness (QED) is 0.871. The number of hydrogen-bond acceptors (Lipinski definition) is 2. The van der Waals surface area contributed by atoms with Gasteiger partial charge in [0.15, 0.2) is 0 Å². The van der Waals surface area contributed by atoms with Crippen molar-refractivity contribution in [2.45, 2.75) is 11.9 Å². The Morgan fingerprint density at radius 3 is 2.45 bits per heavy atom. The van der Waals surface area contributed by atoms with Crippen LogP contribution in [0, 0.1) is 0 Å². The molecule has 5 heteroatoms. The molecule has 1 aromatic heterocycles. The molecule has 0 aliphatic rings. The van der Waals surface area contributed by atoms with Gasteiger partial charge in [0.1, 0.15) is 0 Å². The Morgan fingerprint density at radius 1 is 1.20 bits per heavy atom. The second-order valence-electron chi connectivity index (χ2n) is 4.50. The lowest BCUT2D eigenvalue weighted by Crippen LogP contribution is -2.25. The fraction of sp³-hybridized carbons (Fsp3) is 0.200. The smallest absolute Gasteiger partial charge is 0.251 e. The van der Waals surface area contributed by atoms with Gasteiger partial charge in [-0.2, -0.15) is 0 Å². The van der Waals surface area contributed by atoms with Crippen molar-refractivity contribution in [3.63, 3.8) is 0 Å². The van der Waals surface area contributed by atoms with Crippen LogP contribution in [0.1, 0.15) is 21.5 Å². The summed E-state index contributed by atoms with van der Waals surface area (Å²) in [5.41, 5.74) is 2.39. The number of hydrogen-bond donors (Lipinski definition) is 1. The topological polar surface area (TPSA) is 51.1 Å². The Balaban J connectivity index is 2.00. The van der Waals surface area contributed by atoms with E-state index in [1.54, 1.807) is 19.3 Å². The highest BCUT2D eigenvalue weighted by molar-refractivity contribution is 9.08. The van der Waals surface area contributed by atoms with Crippen molar-refractivity contribution in [1.82, 2.24) is 9.88 Å². The van der Waals surface area contributed by atoms with Gasteiger partial charge >= 0.3 is 0 Å². The number of amides is 1. The highest BCUT2D eigenvalue weighted by Crippen LogP contribution is 2.08. The standard InChI is InChI=1S/C15H15BrN2O2/c1-18-7-6-13(8-14(18)19)15(20)17-10-12-4-2-11(9-16)3-5-12/h2-8H,9-10H2,1H3,(H,17,20). The molecule has 0 bridgehead atoms. The summed E-state index contributed by atoms with van der Waals surface area (Å²) in [4.78, 5) is 23.4. The number of nitrogens with zero attached hydrogens (tertiary/aromatic N) is 1. The second-order valence-corrected chi connectivity index (χ2v) is 5.06. The lowest BCUT2D eigenvalue weighted by atomic mass is 10.1. The van der Waals surface area contributed by atoms with E-state index in [9.17, 15) is 9.59 Å². The number of nitrogens with one attached hydrogen (secondary N) is 1. The van der Waals surface area contributed by atoms with Crippen LogP contribution in [-0.4, -0.2) is 10.5 Å². The maximum absolute atomic E-state index is 11.9. The molecule has 2 aromatic rings. The number of pyridine rings is 1. The van der Waals surface area contributed by atoms with Crippen molar-refractivity contribution in [2.24, 2.45) is 7.05 Å². The number of carbonyl (C=O) groups excluding carboxylic acids is 1. The van der Waals surface area contributed by atoms with Crippen molar-refractivity contribution >= 4 is 21.8 Å². The fourth-order valence-electron chi connectivity index (χ4n) is 1.72. The Hall–Kier alpha value is -1.88. The van der Waals surface area contributed by atoms with Crippen LogP contribution < -0.4 is 10.9 Å². The highest BCUT2D eigenvalue weighted by atomic mass is 79.9. The Kier molecular flexibility index (Phi) is 4.74. The van der Waals surface area contributed by atoms with E-state index in [0.717, 1.165) is 10.9 Å². The minimum absolute atomic E-state index is 0.195. The van der Waals surface area contributed by atoms with Gasteiger partial charge in [-0.1, -0.05) is 40.2 Å². The van der Waals surface area contributed by atoms with Crippen LogP contribution in [0.5, 0.6) is 0 Å². The molecule has 4 nitrogen and oxygen atoms in total. The van der Waals surface area contributed by atoms with Crippen molar-refractivity contribution in [2.75, 3.05) is 0 Å². The summed E-state index contributed by atoms with van der Waals surface area (Å²) in [5.74, 6) is -0.243. The molecule has 2 rings (SSSR count). The molecule has 104 valence electrons. The predicted octanol–water partition coefficient (Wildman–Crippen LogP) is 2.21. The van der Waals surface area contributed by atoms with Gasteiger partial charge in [-0.15, -0.1) is 0 Å². The molecule has 20 heavy (non-hydrogen) atoms. The lowest BCUT2D eigenvalue weighted by molar-refractivity contribution is 0.0950. The first-order valence-corrected chi connectivity index (χ1v) is 7.31. The number of carbonyl (C=O) groups is 1. The van der Waals surface area contributed by atoms with Gasteiger partial charge < -0.3 is 9.88 Å². The van der Waals surface area contributed by atoms with Crippen molar-refractivity contribution in [3.8, 4) is 0 Å². The van der Waals surface area contributed by atoms with E-state index in [-0.39, 0.29) is 11.5 Å². The molecule has 1 heterocycles. The fourth-order valence-corrected chi connectivity index (χ4v) is 2.09. The molecule has 0 aliphatic heterocycles. The van der Waals surface area contributed by atoms with Crippen LogP contribution in [0.25, 0.3) is 0 Å². The first-order valence-electron chi connectivity index (χ1n) is 6.19. The Bertz CT molecular complexity index is 662. The van der Waals surface area contributed by atoms with Crippen LogP contribution in [0.3, 0.4) is 0 Å². The van der Waals surface area contributed by atoms with Gasteiger partial charge in [-0.3, -0.25) is 9.59 Å². The van der Waals surface area contributed by atoms with Crippen LogP contribution in [0.4, 0.5) is 0 Å². The van der Waals surface area contributed by atoms with Crippen molar-refractivity contribution in [3.05, 3.63) is 69.6 Å². The van der Waals surface area contributed by atoms with Gasteiger partial charge in [0.2, 0.25) is 0 Å². The van der Waals surface area contributed by atoms with Crippen LogP contribution in [0.2, 0.25) is 0 Å². The average molecular weight is 335 g/mol.